The highest BCUT2D eigenvalue weighted by Gasteiger charge is 1.91. The minimum Gasteiger partial charge on any atom is -0.392 e. The van der Waals surface area contributed by atoms with Crippen molar-refractivity contribution in [3.8, 4) is 0 Å². The SMILES string of the molecule is C[C@@H](N)C(N)=S. The van der Waals surface area contributed by atoms with Crippen LogP contribution in [0.25, 0.3) is 0 Å². The van der Waals surface area contributed by atoms with E-state index in [0.717, 1.165) is 0 Å². The molecule has 3 heteroatoms. The lowest BCUT2D eigenvalue weighted by atomic mass is 10.4. The Morgan fingerprint density at radius 3 is 2.00 bits per heavy atom. The van der Waals surface area contributed by atoms with Gasteiger partial charge in [0.2, 0.25) is 0 Å². The molecule has 2 nitrogen and oxygen atoms in total. The van der Waals surface area contributed by atoms with Gasteiger partial charge in [-0.15, -0.1) is 0 Å². The summed E-state index contributed by atoms with van der Waals surface area (Å²) in [6, 6.07) is -0.139. The number of hydrogen-bond donors (Lipinski definition) is 2. The van der Waals surface area contributed by atoms with Crippen LogP contribution in [0.4, 0.5) is 0 Å². The first kappa shape index (κ1) is 5.85. The highest BCUT2D eigenvalue weighted by atomic mass is 32.1. The molecule has 6 heavy (non-hydrogen) atoms. The van der Waals surface area contributed by atoms with Gasteiger partial charge in [-0.3, -0.25) is 0 Å². The Balaban J connectivity index is 3.26. The first-order valence-electron chi connectivity index (χ1n) is 1.69. The van der Waals surface area contributed by atoms with Gasteiger partial charge in [-0.1, -0.05) is 12.2 Å². The second-order valence-electron chi connectivity index (χ2n) is 1.19. The zero-order valence-electron chi connectivity index (χ0n) is 3.64. The van der Waals surface area contributed by atoms with E-state index < -0.39 is 0 Å². The molecule has 0 heterocycles. The summed E-state index contributed by atoms with van der Waals surface area (Å²) in [7, 11) is 0. The largest absolute Gasteiger partial charge is 0.392 e. The van der Waals surface area contributed by atoms with Crippen molar-refractivity contribution in [1.29, 1.82) is 0 Å². The van der Waals surface area contributed by atoms with Crippen molar-refractivity contribution < 1.29 is 0 Å². The van der Waals surface area contributed by atoms with Crippen molar-refractivity contribution >= 4 is 17.2 Å². The van der Waals surface area contributed by atoms with Crippen LogP contribution in [0.15, 0.2) is 0 Å². The second kappa shape index (κ2) is 2.10. The molecule has 0 radical (unpaired) electrons. The third-order valence-electron chi connectivity index (χ3n) is 0.449. The smallest absolute Gasteiger partial charge is 0.0894 e. The average molecular weight is 104 g/mol. The standard InChI is InChI=1S/C3H8N2S/c1-2(4)3(5)6/h2H,4H2,1H3,(H2,5,6)/t2-/m1/s1. The predicted molar refractivity (Wildman–Crippen MR) is 30.4 cm³/mol. The average Bonchev–Trinajstić information content (AvgIpc) is 1.36. The van der Waals surface area contributed by atoms with Gasteiger partial charge in [0.1, 0.15) is 0 Å². The first-order chi connectivity index (χ1) is 2.64. The highest BCUT2D eigenvalue weighted by molar-refractivity contribution is 7.80. The van der Waals surface area contributed by atoms with Gasteiger partial charge in [0.05, 0.1) is 11.0 Å². The summed E-state index contributed by atoms with van der Waals surface area (Å²) in [6.45, 7) is 1.75. The molecule has 0 fully saturated rings. The molecule has 0 aromatic heterocycles. The van der Waals surface area contributed by atoms with Crippen LogP contribution in [-0.2, 0) is 0 Å². The molecule has 36 valence electrons. The summed E-state index contributed by atoms with van der Waals surface area (Å²) >= 11 is 4.47. The van der Waals surface area contributed by atoms with Crippen LogP contribution in [0.2, 0.25) is 0 Å². The zero-order chi connectivity index (χ0) is 5.15. The molecule has 0 unspecified atom stereocenters. The van der Waals surface area contributed by atoms with Crippen LogP contribution in [0.1, 0.15) is 6.92 Å². The summed E-state index contributed by atoms with van der Waals surface area (Å²) in [4.78, 5) is 0.370. The Labute approximate surface area is 42.5 Å². The van der Waals surface area contributed by atoms with Crippen LogP contribution in [-0.4, -0.2) is 11.0 Å². The van der Waals surface area contributed by atoms with Gasteiger partial charge in [0.25, 0.3) is 0 Å². The summed E-state index contributed by atoms with van der Waals surface area (Å²) in [6.07, 6.45) is 0. The van der Waals surface area contributed by atoms with Crippen LogP contribution >= 0.6 is 12.2 Å². The molecule has 0 aliphatic heterocycles. The first-order valence-corrected chi connectivity index (χ1v) is 2.10. The van der Waals surface area contributed by atoms with Gasteiger partial charge < -0.3 is 11.5 Å². The van der Waals surface area contributed by atoms with E-state index in [9.17, 15) is 0 Å². The summed E-state index contributed by atoms with van der Waals surface area (Å²) in [5.74, 6) is 0. The summed E-state index contributed by atoms with van der Waals surface area (Å²) in [5.41, 5.74) is 10.2. The molecule has 0 aromatic rings. The maximum Gasteiger partial charge on any atom is 0.0894 e. The van der Waals surface area contributed by atoms with E-state index in [-0.39, 0.29) is 6.04 Å². The van der Waals surface area contributed by atoms with E-state index in [1.807, 2.05) is 0 Å². The van der Waals surface area contributed by atoms with Crippen LogP contribution in [0.3, 0.4) is 0 Å². The van der Waals surface area contributed by atoms with Crippen molar-refractivity contribution in [3.05, 3.63) is 0 Å². The molecule has 4 N–H and O–H groups in total. The molecule has 1 atom stereocenters. The normalized spacial score (nSPS) is 13.7. The van der Waals surface area contributed by atoms with Crippen molar-refractivity contribution in [2.45, 2.75) is 13.0 Å². The Hall–Kier alpha value is -0.150. The third-order valence-corrected chi connectivity index (χ3v) is 0.821. The van der Waals surface area contributed by atoms with E-state index in [0.29, 0.717) is 4.99 Å². The maximum absolute atomic E-state index is 5.17. The lowest BCUT2D eigenvalue weighted by molar-refractivity contribution is 0.980. The summed E-state index contributed by atoms with van der Waals surface area (Å²) in [5, 5.41) is 0. The van der Waals surface area contributed by atoms with Gasteiger partial charge in [0, 0.05) is 0 Å². The third kappa shape index (κ3) is 2.11. The lowest BCUT2D eigenvalue weighted by Gasteiger charge is -1.96. The Kier molecular flexibility index (Phi) is 2.05. The molecule has 0 saturated carbocycles. The zero-order valence-corrected chi connectivity index (χ0v) is 4.46. The molecule has 0 aromatic carbocycles. The molecular formula is C3H8N2S. The second-order valence-corrected chi connectivity index (χ2v) is 1.66. The van der Waals surface area contributed by atoms with Gasteiger partial charge >= 0.3 is 0 Å². The van der Waals surface area contributed by atoms with Crippen LogP contribution < -0.4 is 11.5 Å². The monoisotopic (exact) mass is 104 g/mol. The van der Waals surface area contributed by atoms with Gasteiger partial charge in [-0.2, -0.15) is 0 Å². The fourth-order valence-corrected chi connectivity index (χ4v) is 0. The number of rotatable bonds is 1. The van der Waals surface area contributed by atoms with E-state index in [2.05, 4.69) is 12.2 Å². The Morgan fingerprint density at radius 2 is 2.00 bits per heavy atom. The van der Waals surface area contributed by atoms with Gasteiger partial charge in [-0.25, -0.2) is 0 Å². The van der Waals surface area contributed by atoms with Gasteiger partial charge in [-0.05, 0) is 6.92 Å². The molecule has 0 aliphatic rings. The quantitative estimate of drug-likeness (QED) is 0.446. The molecule has 0 amide bonds. The minimum atomic E-state index is -0.139. The lowest BCUT2D eigenvalue weighted by Crippen LogP contribution is -2.31. The molecule has 0 bridgehead atoms. The van der Waals surface area contributed by atoms with E-state index in [4.69, 9.17) is 11.5 Å². The van der Waals surface area contributed by atoms with Crippen LogP contribution in [0, 0.1) is 0 Å². The maximum atomic E-state index is 5.17. The van der Waals surface area contributed by atoms with Crippen molar-refractivity contribution in [1.82, 2.24) is 0 Å². The number of hydrogen-bond acceptors (Lipinski definition) is 2. The Bertz CT molecular complexity index is 59.8. The topological polar surface area (TPSA) is 52.0 Å². The molecule has 0 rings (SSSR count). The molecular weight excluding hydrogens is 96.1 g/mol. The van der Waals surface area contributed by atoms with Crippen molar-refractivity contribution in [2.24, 2.45) is 11.5 Å². The fraction of sp³-hybridized carbons (Fsp3) is 0.667. The number of nitrogens with two attached hydrogens (primary N) is 2. The van der Waals surface area contributed by atoms with Crippen molar-refractivity contribution in [2.75, 3.05) is 0 Å². The molecule has 0 spiro atoms. The predicted octanol–water partition coefficient (Wildman–Crippen LogP) is -0.380. The van der Waals surface area contributed by atoms with Crippen molar-refractivity contribution in [3.63, 3.8) is 0 Å². The summed E-state index contributed by atoms with van der Waals surface area (Å²) < 4.78 is 0. The van der Waals surface area contributed by atoms with Crippen LogP contribution in [0.5, 0.6) is 0 Å². The molecule has 0 aliphatic carbocycles. The molecule has 0 saturated heterocycles. The highest BCUT2D eigenvalue weighted by Crippen LogP contribution is 1.70. The van der Waals surface area contributed by atoms with E-state index in [1.54, 1.807) is 6.92 Å². The van der Waals surface area contributed by atoms with E-state index >= 15 is 0 Å². The van der Waals surface area contributed by atoms with Gasteiger partial charge in [0.15, 0.2) is 0 Å². The Morgan fingerprint density at radius 1 is 1.83 bits per heavy atom. The minimum absolute atomic E-state index is 0.139. The fourth-order valence-electron chi connectivity index (χ4n) is 0. The van der Waals surface area contributed by atoms with E-state index in [1.165, 1.54) is 0 Å². The number of thiocarbonyl (C=S) groups is 1.